The molecule has 3 nitrogen and oxygen atoms in total. The molecule has 0 atom stereocenters. The standard InChI is InChI=1S/C12H10Br2N2OS/c1-6-4-9(18-10(6)14)12(17)16-11-7(2)3-8(13)5-15-11/h3-5H,1-2H3,(H,15,16,17). The third-order valence-electron chi connectivity index (χ3n) is 2.36. The minimum Gasteiger partial charge on any atom is -0.306 e. The van der Waals surface area contributed by atoms with Crippen LogP contribution in [-0.2, 0) is 0 Å². The summed E-state index contributed by atoms with van der Waals surface area (Å²) in [5.41, 5.74) is 1.98. The van der Waals surface area contributed by atoms with E-state index in [4.69, 9.17) is 0 Å². The molecule has 0 unspecified atom stereocenters. The SMILES string of the molecule is Cc1cc(Br)cnc1NC(=O)c1cc(C)c(Br)s1. The van der Waals surface area contributed by atoms with Gasteiger partial charge in [0, 0.05) is 10.7 Å². The van der Waals surface area contributed by atoms with E-state index < -0.39 is 0 Å². The highest BCUT2D eigenvalue weighted by Crippen LogP contribution is 2.28. The molecule has 2 aromatic rings. The van der Waals surface area contributed by atoms with Crippen LogP contribution in [0.3, 0.4) is 0 Å². The van der Waals surface area contributed by atoms with Crippen molar-refractivity contribution in [2.45, 2.75) is 13.8 Å². The van der Waals surface area contributed by atoms with Gasteiger partial charge in [-0.15, -0.1) is 11.3 Å². The van der Waals surface area contributed by atoms with Crippen LogP contribution in [0.25, 0.3) is 0 Å². The fourth-order valence-corrected chi connectivity index (χ4v) is 3.29. The van der Waals surface area contributed by atoms with E-state index in [1.165, 1.54) is 11.3 Å². The van der Waals surface area contributed by atoms with Gasteiger partial charge in [-0.25, -0.2) is 4.98 Å². The third-order valence-corrected chi connectivity index (χ3v) is 4.93. The Balaban J connectivity index is 2.21. The maximum absolute atomic E-state index is 12.0. The number of nitrogens with zero attached hydrogens (tertiary/aromatic N) is 1. The lowest BCUT2D eigenvalue weighted by molar-refractivity contribution is 0.103. The Hall–Kier alpha value is -0.720. The van der Waals surface area contributed by atoms with Crippen molar-refractivity contribution in [2.75, 3.05) is 5.32 Å². The number of rotatable bonds is 2. The number of anilines is 1. The molecule has 0 spiro atoms. The van der Waals surface area contributed by atoms with E-state index in [1.807, 2.05) is 26.0 Å². The van der Waals surface area contributed by atoms with E-state index in [0.717, 1.165) is 19.4 Å². The molecular formula is C12H10Br2N2OS. The van der Waals surface area contributed by atoms with Crippen LogP contribution in [0.1, 0.15) is 20.8 Å². The van der Waals surface area contributed by atoms with Gasteiger partial charge in [0.1, 0.15) is 5.82 Å². The first-order valence-corrected chi connectivity index (χ1v) is 7.57. The average molecular weight is 390 g/mol. The molecule has 2 aromatic heterocycles. The van der Waals surface area contributed by atoms with Gasteiger partial charge in [-0.2, -0.15) is 0 Å². The smallest absolute Gasteiger partial charge is 0.266 e. The zero-order chi connectivity index (χ0) is 13.3. The Bertz CT molecular complexity index is 591. The van der Waals surface area contributed by atoms with Crippen molar-refractivity contribution in [1.82, 2.24) is 4.98 Å². The van der Waals surface area contributed by atoms with Crippen molar-refractivity contribution in [1.29, 1.82) is 0 Å². The first-order valence-electron chi connectivity index (χ1n) is 5.17. The molecule has 1 N–H and O–H groups in total. The molecule has 0 bridgehead atoms. The minimum atomic E-state index is -0.133. The van der Waals surface area contributed by atoms with Crippen LogP contribution in [0.2, 0.25) is 0 Å². The van der Waals surface area contributed by atoms with Crippen LogP contribution >= 0.6 is 43.2 Å². The Morgan fingerprint density at radius 3 is 2.56 bits per heavy atom. The molecule has 0 saturated carbocycles. The summed E-state index contributed by atoms with van der Waals surface area (Å²) in [5, 5.41) is 2.81. The first kappa shape index (κ1) is 13.7. The predicted octanol–water partition coefficient (Wildman–Crippen LogP) is 4.54. The average Bonchev–Trinajstić information content (AvgIpc) is 2.63. The maximum atomic E-state index is 12.0. The van der Waals surface area contributed by atoms with Crippen LogP contribution in [-0.4, -0.2) is 10.9 Å². The van der Waals surface area contributed by atoms with Crippen molar-refractivity contribution in [2.24, 2.45) is 0 Å². The number of amides is 1. The number of pyridine rings is 1. The highest BCUT2D eigenvalue weighted by atomic mass is 79.9. The second-order valence-corrected chi connectivity index (χ2v) is 7.13. The van der Waals surface area contributed by atoms with Crippen LogP contribution in [0.4, 0.5) is 5.82 Å². The number of thiophene rings is 1. The van der Waals surface area contributed by atoms with Crippen molar-refractivity contribution in [3.63, 3.8) is 0 Å². The Kier molecular flexibility index (Phi) is 4.19. The number of carbonyl (C=O) groups is 1. The number of halogens is 2. The Labute approximate surface area is 126 Å². The summed E-state index contributed by atoms with van der Waals surface area (Å²) in [4.78, 5) is 16.9. The quantitative estimate of drug-likeness (QED) is 0.819. The van der Waals surface area contributed by atoms with Crippen molar-refractivity contribution in [3.8, 4) is 0 Å². The van der Waals surface area contributed by atoms with Gasteiger partial charge in [0.25, 0.3) is 5.91 Å². The summed E-state index contributed by atoms with van der Waals surface area (Å²) in [6, 6.07) is 3.77. The van der Waals surface area contributed by atoms with Gasteiger partial charge in [0.05, 0.1) is 8.66 Å². The molecule has 2 heterocycles. The first-order chi connectivity index (χ1) is 8.47. The summed E-state index contributed by atoms with van der Waals surface area (Å²) in [5.74, 6) is 0.456. The molecule has 0 aliphatic heterocycles. The molecule has 94 valence electrons. The molecule has 0 aliphatic rings. The van der Waals surface area contributed by atoms with Gasteiger partial charge in [0.15, 0.2) is 0 Å². The molecule has 0 saturated heterocycles. The zero-order valence-corrected chi connectivity index (χ0v) is 13.7. The lowest BCUT2D eigenvalue weighted by Crippen LogP contribution is -2.12. The number of aryl methyl sites for hydroxylation is 2. The van der Waals surface area contributed by atoms with Gasteiger partial charge in [-0.05, 0) is 69.0 Å². The molecule has 0 fully saturated rings. The van der Waals surface area contributed by atoms with Crippen LogP contribution in [0.15, 0.2) is 26.6 Å². The molecular weight excluding hydrogens is 380 g/mol. The normalized spacial score (nSPS) is 10.4. The van der Waals surface area contributed by atoms with E-state index in [2.05, 4.69) is 42.2 Å². The topological polar surface area (TPSA) is 42.0 Å². The van der Waals surface area contributed by atoms with Crippen molar-refractivity contribution >= 4 is 54.9 Å². The van der Waals surface area contributed by atoms with Crippen LogP contribution in [0, 0.1) is 13.8 Å². The summed E-state index contributed by atoms with van der Waals surface area (Å²) in [6.45, 7) is 3.86. The molecule has 2 rings (SSSR count). The lowest BCUT2D eigenvalue weighted by Gasteiger charge is -2.06. The fraction of sp³-hybridized carbons (Fsp3) is 0.167. The van der Waals surface area contributed by atoms with E-state index >= 15 is 0 Å². The number of carbonyl (C=O) groups excluding carboxylic acids is 1. The van der Waals surface area contributed by atoms with Gasteiger partial charge < -0.3 is 5.32 Å². The van der Waals surface area contributed by atoms with E-state index in [0.29, 0.717) is 10.7 Å². The molecule has 0 aromatic carbocycles. The van der Waals surface area contributed by atoms with Crippen LogP contribution in [0.5, 0.6) is 0 Å². The van der Waals surface area contributed by atoms with E-state index in [-0.39, 0.29) is 5.91 Å². The van der Waals surface area contributed by atoms with E-state index in [1.54, 1.807) is 6.20 Å². The molecule has 18 heavy (non-hydrogen) atoms. The molecule has 0 radical (unpaired) electrons. The predicted molar refractivity (Wildman–Crippen MR) is 81.4 cm³/mol. The number of hydrogen-bond acceptors (Lipinski definition) is 3. The Morgan fingerprint density at radius 1 is 1.28 bits per heavy atom. The third kappa shape index (κ3) is 2.99. The minimum absolute atomic E-state index is 0.133. The molecule has 1 amide bonds. The summed E-state index contributed by atoms with van der Waals surface area (Å²) in [7, 11) is 0. The Morgan fingerprint density at radius 2 is 2.00 bits per heavy atom. The summed E-state index contributed by atoms with van der Waals surface area (Å²) >= 11 is 8.17. The van der Waals surface area contributed by atoms with Gasteiger partial charge >= 0.3 is 0 Å². The van der Waals surface area contributed by atoms with Gasteiger partial charge in [0.2, 0.25) is 0 Å². The van der Waals surface area contributed by atoms with Crippen LogP contribution < -0.4 is 5.32 Å². The highest BCUT2D eigenvalue weighted by molar-refractivity contribution is 9.11. The summed E-state index contributed by atoms with van der Waals surface area (Å²) in [6.07, 6.45) is 1.66. The number of aromatic nitrogens is 1. The highest BCUT2D eigenvalue weighted by Gasteiger charge is 2.13. The molecule has 6 heteroatoms. The largest absolute Gasteiger partial charge is 0.306 e. The zero-order valence-electron chi connectivity index (χ0n) is 9.75. The molecule has 0 aliphatic carbocycles. The van der Waals surface area contributed by atoms with E-state index in [9.17, 15) is 4.79 Å². The fourth-order valence-electron chi connectivity index (χ4n) is 1.41. The monoisotopic (exact) mass is 388 g/mol. The van der Waals surface area contributed by atoms with Crippen molar-refractivity contribution < 1.29 is 4.79 Å². The maximum Gasteiger partial charge on any atom is 0.266 e. The number of hydrogen-bond donors (Lipinski definition) is 1. The number of nitrogens with one attached hydrogen (secondary N) is 1. The lowest BCUT2D eigenvalue weighted by atomic mass is 10.3. The van der Waals surface area contributed by atoms with Gasteiger partial charge in [-0.1, -0.05) is 0 Å². The van der Waals surface area contributed by atoms with Gasteiger partial charge in [-0.3, -0.25) is 4.79 Å². The second kappa shape index (κ2) is 5.50. The summed E-state index contributed by atoms with van der Waals surface area (Å²) < 4.78 is 1.88. The second-order valence-electron chi connectivity index (χ2n) is 3.84. The van der Waals surface area contributed by atoms with Crippen molar-refractivity contribution in [3.05, 3.63) is 42.6 Å².